The van der Waals surface area contributed by atoms with E-state index in [-0.39, 0.29) is 6.10 Å². The molecule has 2 rings (SSSR count). The van der Waals surface area contributed by atoms with Gasteiger partial charge in [-0.05, 0) is 24.1 Å². The van der Waals surface area contributed by atoms with Gasteiger partial charge in [0.15, 0.2) is 0 Å². The lowest BCUT2D eigenvalue weighted by molar-refractivity contribution is 0.0383. The van der Waals surface area contributed by atoms with Gasteiger partial charge in [-0.2, -0.15) is 0 Å². The smallest absolute Gasteiger partial charge is 0.131 e. The zero-order chi connectivity index (χ0) is 10.3. The molecule has 0 saturated carbocycles. The zero-order valence-corrected chi connectivity index (χ0v) is 9.78. The van der Waals surface area contributed by atoms with Crippen LogP contribution in [0, 0.1) is 5.92 Å². The molecule has 1 aliphatic heterocycles. The highest BCUT2D eigenvalue weighted by Crippen LogP contribution is 2.40. The lowest BCUT2D eigenvalue weighted by atomic mass is 9.99. The molecule has 0 amide bonds. The van der Waals surface area contributed by atoms with E-state index in [1.165, 1.54) is 0 Å². The van der Waals surface area contributed by atoms with Crippen molar-refractivity contribution >= 4 is 15.9 Å². The molecule has 0 saturated heterocycles. The van der Waals surface area contributed by atoms with Crippen molar-refractivity contribution in [3.05, 3.63) is 28.2 Å². The van der Waals surface area contributed by atoms with Crippen LogP contribution in [0.3, 0.4) is 0 Å². The summed E-state index contributed by atoms with van der Waals surface area (Å²) >= 11 is 3.38. The summed E-state index contributed by atoms with van der Waals surface area (Å²) in [5, 5.41) is 9.99. The van der Waals surface area contributed by atoms with E-state index in [0.29, 0.717) is 5.92 Å². The number of fused-ring (bicyclic) bond motifs is 1. The Labute approximate surface area is 92.0 Å². The molecule has 3 heteroatoms. The first-order valence-corrected chi connectivity index (χ1v) is 5.53. The standard InChI is InChI=1S/C11H13BrO2/c1-6(2)11-10(13)8-5-7(12)3-4-9(8)14-11/h3-6,10-11,13H,1-2H3. The lowest BCUT2D eigenvalue weighted by Gasteiger charge is -2.17. The van der Waals surface area contributed by atoms with Gasteiger partial charge in [-0.25, -0.2) is 0 Å². The largest absolute Gasteiger partial charge is 0.487 e. The predicted octanol–water partition coefficient (Wildman–Crippen LogP) is 2.90. The van der Waals surface area contributed by atoms with Crippen molar-refractivity contribution in [1.29, 1.82) is 0 Å². The van der Waals surface area contributed by atoms with Crippen molar-refractivity contribution in [2.24, 2.45) is 5.92 Å². The number of halogens is 1. The third kappa shape index (κ3) is 1.55. The number of benzene rings is 1. The Hall–Kier alpha value is -0.540. The second-order valence-electron chi connectivity index (χ2n) is 3.95. The monoisotopic (exact) mass is 256 g/mol. The maximum absolute atomic E-state index is 9.99. The van der Waals surface area contributed by atoms with Crippen LogP contribution in [-0.2, 0) is 0 Å². The van der Waals surface area contributed by atoms with Gasteiger partial charge in [0.1, 0.15) is 18.0 Å². The van der Waals surface area contributed by atoms with Crippen LogP contribution < -0.4 is 4.74 Å². The van der Waals surface area contributed by atoms with E-state index < -0.39 is 6.10 Å². The van der Waals surface area contributed by atoms with Gasteiger partial charge >= 0.3 is 0 Å². The quantitative estimate of drug-likeness (QED) is 0.838. The third-order valence-electron chi connectivity index (χ3n) is 2.52. The number of aliphatic hydroxyl groups is 1. The van der Waals surface area contributed by atoms with Crippen molar-refractivity contribution in [1.82, 2.24) is 0 Å². The van der Waals surface area contributed by atoms with E-state index in [1.807, 2.05) is 18.2 Å². The van der Waals surface area contributed by atoms with Gasteiger partial charge in [0, 0.05) is 10.0 Å². The minimum Gasteiger partial charge on any atom is -0.487 e. The topological polar surface area (TPSA) is 29.5 Å². The van der Waals surface area contributed by atoms with Crippen LogP contribution in [0.1, 0.15) is 25.5 Å². The Balaban J connectivity index is 2.36. The molecule has 0 radical (unpaired) electrons. The fraction of sp³-hybridized carbons (Fsp3) is 0.455. The number of aliphatic hydroxyl groups excluding tert-OH is 1. The summed E-state index contributed by atoms with van der Waals surface area (Å²) in [5.41, 5.74) is 0.887. The van der Waals surface area contributed by atoms with Crippen LogP contribution in [0.15, 0.2) is 22.7 Å². The minimum atomic E-state index is -0.498. The number of ether oxygens (including phenoxy) is 1. The van der Waals surface area contributed by atoms with Crippen LogP contribution in [0.5, 0.6) is 5.75 Å². The first-order valence-electron chi connectivity index (χ1n) is 4.74. The number of hydrogen-bond donors (Lipinski definition) is 1. The van der Waals surface area contributed by atoms with Crippen LogP contribution in [0.2, 0.25) is 0 Å². The van der Waals surface area contributed by atoms with Crippen LogP contribution in [0.4, 0.5) is 0 Å². The molecule has 2 unspecified atom stereocenters. The molecular weight excluding hydrogens is 244 g/mol. The van der Waals surface area contributed by atoms with Gasteiger partial charge in [0.2, 0.25) is 0 Å². The van der Waals surface area contributed by atoms with Crippen molar-refractivity contribution in [3.8, 4) is 5.75 Å². The second-order valence-corrected chi connectivity index (χ2v) is 4.87. The van der Waals surface area contributed by atoms with Gasteiger partial charge in [0.25, 0.3) is 0 Å². The molecule has 0 aromatic heterocycles. The molecule has 14 heavy (non-hydrogen) atoms. The van der Waals surface area contributed by atoms with Crippen LogP contribution in [-0.4, -0.2) is 11.2 Å². The Morgan fingerprint density at radius 1 is 1.43 bits per heavy atom. The summed E-state index contributed by atoms with van der Waals surface area (Å²) in [4.78, 5) is 0. The Morgan fingerprint density at radius 2 is 2.14 bits per heavy atom. The van der Waals surface area contributed by atoms with E-state index in [0.717, 1.165) is 15.8 Å². The molecule has 1 aromatic rings. The van der Waals surface area contributed by atoms with Crippen molar-refractivity contribution < 1.29 is 9.84 Å². The highest BCUT2D eigenvalue weighted by molar-refractivity contribution is 9.10. The fourth-order valence-corrected chi connectivity index (χ4v) is 2.13. The highest BCUT2D eigenvalue weighted by Gasteiger charge is 2.34. The first kappa shape index (κ1) is 9.99. The Bertz CT molecular complexity index is 349. The third-order valence-corrected chi connectivity index (χ3v) is 3.02. The average molecular weight is 257 g/mol. The Morgan fingerprint density at radius 3 is 2.79 bits per heavy atom. The summed E-state index contributed by atoms with van der Waals surface area (Å²) in [6, 6.07) is 5.74. The van der Waals surface area contributed by atoms with E-state index in [2.05, 4.69) is 29.8 Å². The van der Waals surface area contributed by atoms with Gasteiger partial charge in [-0.15, -0.1) is 0 Å². The molecule has 2 atom stereocenters. The molecule has 1 aromatic carbocycles. The Kier molecular flexibility index (Phi) is 2.54. The number of rotatable bonds is 1. The molecule has 0 bridgehead atoms. The molecule has 2 nitrogen and oxygen atoms in total. The maximum Gasteiger partial charge on any atom is 0.131 e. The van der Waals surface area contributed by atoms with Crippen molar-refractivity contribution in [2.45, 2.75) is 26.1 Å². The highest BCUT2D eigenvalue weighted by atomic mass is 79.9. The van der Waals surface area contributed by atoms with Crippen LogP contribution >= 0.6 is 15.9 Å². The summed E-state index contributed by atoms with van der Waals surface area (Å²) in [7, 11) is 0. The average Bonchev–Trinajstić information content (AvgIpc) is 2.44. The maximum atomic E-state index is 9.99. The number of hydrogen-bond acceptors (Lipinski definition) is 2. The summed E-state index contributed by atoms with van der Waals surface area (Å²) in [6.07, 6.45) is -0.609. The molecule has 0 fully saturated rings. The van der Waals surface area contributed by atoms with Crippen molar-refractivity contribution in [3.63, 3.8) is 0 Å². The van der Waals surface area contributed by atoms with Crippen molar-refractivity contribution in [2.75, 3.05) is 0 Å². The van der Waals surface area contributed by atoms with E-state index in [9.17, 15) is 5.11 Å². The van der Waals surface area contributed by atoms with E-state index in [4.69, 9.17) is 4.74 Å². The van der Waals surface area contributed by atoms with Crippen LogP contribution in [0.25, 0.3) is 0 Å². The lowest BCUT2D eigenvalue weighted by Crippen LogP contribution is -2.24. The molecule has 76 valence electrons. The molecule has 1 aliphatic rings. The predicted molar refractivity (Wildman–Crippen MR) is 58.4 cm³/mol. The van der Waals surface area contributed by atoms with Gasteiger partial charge in [-0.3, -0.25) is 0 Å². The van der Waals surface area contributed by atoms with E-state index in [1.54, 1.807) is 0 Å². The minimum absolute atomic E-state index is 0.112. The first-order chi connectivity index (χ1) is 6.59. The summed E-state index contributed by atoms with van der Waals surface area (Å²) in [5.74, 6) is 1.12. The zero-order valence-electron chi connectivity index (χ0n) is 8.20. The normalized spacial score (nSPS) is 24.9. The molecular formula is C11H13BrO2. The second kappa shape index (κ2) is 3.55. The van der Waals surface area contributed by atoms with Gasteiger partial charge in [-0.1, -0.05) is 29.8 Å². The van der Waals surface area contributed by atoms with Gasteiger partial charge in [0.05, 0.1) is 0 Å². The molecule has 1 N–H and O–H groups in total. The summed E-state index contributed by atoms with van der Waals surface area (Å²) < 4.78 is 6.64. The fourth-order valence-electron chi connectivity index (χ4n) is 1.75. The summed E-state index contributed by atoms with van der Waals surface area (Å²) in [6.45, 7) is 4.10. The van der Waals surface area contributed by atoms with Gasteiger partial charge < -0.3 is 9.84 Å². The van der Waals surface area contributed by atoms with E-state index >= 15 is 0 Å². The molecule has 1 heterocycles. The molecule has 0 aliphatic carbocycles. The molecule has 0 spiro atoms. The SMILES string of the molecule is CC(C)C1Oc2ccc(Br)cc2C1O.